The van der Waals surface area contributed by atoms with Crippen LogP contribution in [0, 0.1) is 6.92 Å². The average Bonchev–Trinajstić information content (AvgIpc) is 2.83. The molecule has 0 aliphatic heterocycles. The Morgan fingerprint density at radius 3 is 2.52 bits per heavy atom. The Kier molecular flexibility index (Phi) is 18.5. The Balaban J connectivity index is 0. The molecule has 0 amide bonds. The number of allylic oxidation sites excluding steroid dienone is 2. The van der Waals surface area contributed by atoms with Gasteiger partial charge in [-0.2, -0.15) is 0 Å². The number of aryl methyl sites for hydroxylation is 1. The number of hydrogen-bond acceptors (Lipinski definition) is 6. The van der Waals surface area contributed by atoms with Crippen molar-refractivity contribution in [3.8, 4) is 0 Å². The van der Waals surface area contributed by atoms with E-state index in [2.05, 4.69) is 36.3 Å². The van der Waals surface area contributed by atoms with Crippen molar-refractivity contribution in [2.75, 3.05) is 6.61 Å². The minimum Gasteiger partial charge on any atom is -0.396 e. The number of unbranched alkanes of at least 4 members (excludes halogenated alkanes) is 2. The van der Waals surface area contributed by atoms with E-state index in [4.69, 9.17) is 5.11 Å². The Hall–Kier alpha value is -0.780. The van der Waals surface area contributed by atoms with Gasteiger partial charge < -0.3 is 5.11 Å². The van der Waals surface area contributed by atoms with Crippen LogP contribution < -0.4 is 0 Å². The zero-order valence-electron chi connectivity index (χ0n) is 12.8. The van der Waals surface area contributed by atoms with E-state index in [0.717, 1.165) is 18.5 Å². The molecule has 0 aliphatic carbocycles. The summed E-state index contributed by atoms with van der Waals surface area (Å²) in [5.74, 6) is 0.145. The van der Waals surface area contributed by atoms with E-state index in [-0.39, 0.29) is 12.4 Å². The number of aromatic nitrogens is 1. The number of nitrogens with zero attached hydrogens (tertiary/aromatic N) is 1. The second kappa shape index (κ2) is 17.3. The fraction of sp³-hybridized carbons (Fsp3) is 0.533. The summed E-state index contributed by atoms with van der Waals surface area (Å²) in [6.07, 6.45) is 7.74. The maximum Gasteiger partial charge on any atom is 0.152 e. The van der Waals surface area contributed by atoms with Gasteiger partial charge in [0.2, 0.25) is 0 Å². The molecule has 1 aromatic heterocycles. The summed E-state index contributed by atoms with van der Waals surface area (Å²) < 4.78 is 1.92. The highest BCUT2D eigenvalue weighted by molar-refractivity contribution is 7.93. The lowest BCUT2D eigenvalue weighted by Crippen LogP contribution is -1.88. The molecule has 0 aliphatic rings. The molecule has 0 fully saturated rings. The van der Waals surface area contributed by atoms with Gasteiger partial charge in [-0.3, -0.25) is 4.79 Å². The molecule has 1 heterocycles. The predicted molar refractivity (Wildman–Crippen MR) is 97.2 cm³/mol. The largest absolute Gasteiger partial charge is 0.396 e. The van der Waals surface area contributed by atoms with Crippen molar-refractivity contribution in [3.63, 3.8) is 0 Å². The Morgan fingerprint density at radius 1 is 1.52 bits per heavy atom. The molecule has 0 radical (unpaired) electrons. The first-order chi connectivity index (χ1) is 10.0. The van der Waals surface area contributed by atoms with Crippen molar-refractivity contribution in [2.45, 2.75) is 46.5 Å². The average molecular weight is 346 g/mol. The highest BCUT2D eigenvalue weighted by Gasteiger charge is 1.97. The van der Waals surface area contributed by atoms with Crippen LogP contribution in [-0.2, 0) is 11.2 Å². The SMILES string of the molecule is CCCCC=CC(C)=O.Cc1ncsc1CCO.S=C=S. The lowest BCUT2D eigenvalue weighted by Gasteiger charge is -1.90. The Morgan fingerprint density at radius 2 is 2.14 bits per heavy atom. The molecule has 0 spiro atoms. The zero-order chi connectivity index (χ0) is 16.5. The van der Waals surface area contributed by atoms with Gasteiger partial charge in [0.1, 0.15) is 0 Å². The molecule has 3 nitrogen and oxygen atoms in total. The highest BCUT2D eigenvalue weighted by Crippen LogP contribution is 2.11. The fourth-order valence-electron chi connectivity index (χ4n) is 1.24. The van der Waals surface area contributed by atoms with Crippen molar-refractivity contribution in [3.05, 3.63) is 28.2 Å². The topological polar surface area (TPSA) is 50.2 Å². The van der Waals surface area contributed by atoms with Crippen molar-refractivity contribution in [1.29, 1.82) is 0 Å². The second-order valence-corrected chi connectivity index (χ2v) is 5.68. The van der Waals surface area contributed by atoms with Gasteiger partial charge in [0, 0.05) is 22.2 Å². The van der Waals surface area contributed by atoms with Crippen molar-refractivity contribution in [2.24, 2.45) is 0 Å². The molecule has 0 atom stereocenters. The van der Waals surface area contributed by atoms with Crippen LogP contribution in [0.3, 0.4) is 0 Å². The minimum atomic E-state index is 0.145. The summed E-state index contributed by atoms with van der Waals surface area (Å²) in [5, 5.41) is 8.54. The first-order valence-electron chi connectivity index (χ1n) is 6.69. The number of rotatable bonds is 6. The van der Waals surface area contributed by atoms with Gasteiger partial charge in [-0.05, 0) is 50.8 Å². The number of thiazole rings is 1. The van der Waals surface area contributed by atoms with E-state index in [9.17, 15) is 4.79 Å². The molecule has 118 valence electrons. The summed E-state index contributed by atoms with van der Waals surface area (Å²) in [7, 11) is 0. The number of aliphatic hydroxyl groups excluding tert-OH is 1. The number of carbonyl (C=O) groups excluding carboxylic acids is 1. The number of hydrogen-bond donors (Lipinski definition) is 1. The second-order valence-electron chi connectivity index (χ2n) is 4.07. The lowest BCUT2D eigenvalue weighted by molar-refractivity contribution is -0.112. The standard InChI is InChI=1S/C8H14O.C6H9NOS.CS2/c1-3-4-5-6-7-8(2)9;1-5-6(2-3-8)9-4-7-5;2-1-3/h6-7H,3-5H2,1-2H3;4,8H,2-3H2,1H3;. The van der Waals surface area contributed by atoms with E-state index < -0.39 is 0 Å². The first kappa shape index (κ1) is 22.5. The van der Waals surface area contributed by atoms with Crippen LogP contribution in [0.25, 0.3) is 0 Å². The van der Waals surface area contributed by atoms with Crippen LogP contribution in [0.4, 0.5) is 0 Å². The molecule has 1 N–H and O–H groups in total. The van der Waals surface area contributed by atoms with Crippen molar-refractivity contribution in [1.82, 2.24) is 4.98 Å². The summed E-state index contributed by atoms with van der Waals surface area (Å²) in [6, 6.07) is 0. The van der Waals surface area contributed by atoms with Crippen molar-refractivity contribution < 1.29 is 9.90 Å². The molecule has 0 saturated carbocycles. The van der Waals surface area contributed by atoms with Gasteiger partial charge >= 0.3 is 0 Å². The fourth-order valence-corrected chi connectivity index (χ4v) is 2.01. The van der Waals surface area contributed by atoms with Crippen LogP contribution in [0.2, 0.25) is 0 Å². The lowest BCUT2D eigenvalue weighted by atomic mass is 10.2. The van der Waals surface area contributed by atoms with Crippen LogP contribution in [0.15, 0.2) is 17.7 Å². The van der Waals surface area contributed by atoms with Gasteiger partial charge in [0.15, 0.2) is 5.78 Å². The molecule has 21 heavy (non-hydrogen) atoms. The van der Waals surface area contributed by atoms with E-state index in [0.29, 0.717) is 0 Å². The van der Waals surface area contributed by atoms with E-state index in [1.807, 2.05) is 17.3 Å². The quantitative estimate of drug-likeness (QED) is 0.472. The van der Waals surface area contributed by atoms with Crippen LogP contribution in [-0.4, -0.2) is 26.8 Å². The van der Waals surface area contributed by atoms with E-state index in [1.165, 1.54) is 17.7 Å². The zero-order valence-corrected chi connectivity index (χ0v) is 15.2. The molecular weight excluding hydrogens is 322 g/mol. The molecular formula is C15H23NO2S3. The molecule has 0 saturated heterocycles. The van der Waals surface area contributed by atoms with Gasteiger partial charge in [-0.1, -0.05) is 25.8 Å². The molecule has 0 aromatic carbocycles. The molecule has 6 heteroatoms. The third-order valence-corrected chi connectivity index (χ3v) is 3.26. The molecule has 1 aromatic rings. The number of thiocarbonyl (C=S) groups is 2. The predicted octanol–water partition coefficient (Wildman–Crippen LogP) is 4.33. The van der Waals surface area contributed by atoms with E-state index in [1.54, 1.807) is 29.8 Å². The van der Waals surface area contributed by atoms with Crippen LogP contribution in [0.5, 0.6) is 0 Å². The normalized spacial score (nSPS) is 9.14. The summed E-state index contributed by atoms with van der Waals surface area (Å²) >= 11 is 9.52. The summed E-state index contributed by atoms with van der Waals surface area (Å²) in [4.78, 5) is 15.6. The monoisotopic (exact) mass is 345 g/mol. The smallest absolute Gasteiger partial charge is 0.152 e. The first-order valence-corrected chi connectivity index (χ1v) is 8.39. The minimum absolute atomic E-state index is 0.145. The summed E-state index contributed by atoms with van der Waals surface area (Å²) in [6.45, 7) is 5.90. The third-order valence-electron chi connectivity index (χ3n) is 2.26. The Bertz CT molecular complexity index is 436. The van der Waals surface area contributed by atoms with Crippen molar-refractivity contribution >= 4 is 45.9 Å². The van der Waals surface area contributed by atoms with Gasteiger partial charge in [-0.15, -0.1) is 11.3 Å². The van der Waals surface area contributed by atoms with Crippen LogP contribution >= 0.6 is 35.8 Å². The van der Waals surface area contributed by atoms with Gasteiger partial charge in [-0.25, -0.2) is 4.98 Å². The molecule has 0 unspecified atom stereocenters. The van der Waals surface area contributed by atoms with Gasteiger partial charge in [0.05, 0.1) is 11.2 Å². The van der Waals surface area contributed by atoms with Crippen LogP contribution in [0.1, 0.15) is 43.7 Å². The maximum absolute atomic E-state index is 10.3. The van der Waals surface area contributed by atoms with E-state index >= 15 is 0 Å². The number of aliphatic hydroxyl groups is 1. The third kappa shape index (κ3) is 17.2. The highest BCUT2D eigenvalue weighted by atomic mass is 32.1. The molecule has 0 bridgehead atoms. The summed E-state index contributed by atoms with van der Waals surface area (Å²) in [5.41, 5.74) is 2.86. The van der Waals surface area contributed by atoms with Gasteiger partial charge in [0.25, 0.3) is 0 Å². The number of carbonyl (C=O) groups is 1. The molecule has 1 rings (SSSR count). The number of ketones is 1. The Labute approximate surface area is 142 Å². The maximum atomic E-state index is 10.3.